The van der Waals surface area contributed by atoms with Gasteiger partial charge >= 0.3 is 12.0 Å². The predicted octanol–water partition coefficient (Wildman–Crippen LogP) is 3.17. The molecule has 2 aliphatic rings. The number of benzene rings is 1. The number of aryl methyl sites for hydroxylation is 1. The van der Waals surface area contributed by atoms with Crippen molar-refractivity contribution in [2.24, 2.45) is 0 Å². The second kappa shape index (κ2) is 9.77. The maximum atomic E-state index is 12.8. The Hall–Kier alpha value is -2.81. The number of anilines is 1. The second-order valence-electron chi connectivity index (χ2n) is 8.20. The average Bonchev–Trinajstić information content (AvgIpc) is 2.98. The highest BCUT2D eigenvalue weighted by Crippen LogP contribution is 2.34. The third-order valence-electron chi connectivity index (χ3n) is 5.91. The van der Waals surface area contributed by atoms with E-state index in [9.17, 15) is 19.2 Å². The highest BCUT2D eigenvalue weighted by atomic mass is 35.5. The van der Waals surface area contributed by atoms with Crippen LogP contribution in [-0.2, 0) is 19.1 Å². The van der Waals surface area contributed by atoms with Crippen molar-refractivity contribution in [3.05, 3.63) is 22.7 Å². The Morgan fingerprint density at radius 3 is 2.59 bits per heavy atom. The van der Waals surface area contributed by atoms with E-state index in [4.69, 9.17) is 21.1 Å². The molecule has 1 aromatic carbocycles. The van der Waals surface area contributed by atoms with Gasteiger partial charge in [0, 0.05) is 17.6 Å². The van der Waals surface area contributed by atoms with Gasteiger partial charge in [-0.1, -0.05) is 30.9 Å². The summed E-state index contributed by atoms with van der Waals surface area (Å²) in [6, 6.07) is 2.76. The predicted molar refractivity (Wildman–Crippen MR) is 118 cm³/mol. The molecule has 32 heavy (non-hydrogen) atoms. The number of imide groups is 1. The van der Waals surface area contributed by atoms with E-state index in [0.717, 1.165) is 29.7 Å². The number of methoxy groups -OCH3 is 1. The van der Waals surface area contributed by atoms with Gasteiger partial charge in [0.2, 0.25) is 0 Å². The van der Waals surface area contributed by atoms with Crippen molar-refractivity contribution in [2.75, 3.05) is 19.0 Å². The molecule has 0 radical (unpaired) electrons. The number of rotatable bonds is 7. The summed E-state index contributed by atoms with van der Waals surface area (Å²) in [5, 5.41) is 5.95. The van der Waals surface area contributed by atoms with Gasteiger partial charge < -0.3 is 20.1 Å². The zero-order chi connectivity index (χ0) is 23.5. The number of nitrogens with one attached hydrogen (secondary N) is 2. The van der Waals surface area contributed by atoms with Crippen LogP contribution in [0.1, 0.15) is 51.0 Å². The van der Waals surface area contributed by atoms with Crippen LogP contribution in [0.4, 0.5) is 10.5 Å². The van der Waals surface area contributed by atoms with Crippen LogP contribution < -0.4 is 15.4 Å². The van der Waals surface area contributed by atoms with Crippen LogP contribution in [0.3, 0.4) is 0 Å². The van der Waals surface area contributed by atoms with Crippen molar-refractivity contribution in [3.63, 3.8) is 0 Å². The van der Waals surface area contributed by atoms with Crippen LogP contribution in [0, 0.1) is 6.92 Å². The van der Waals surface area contributed by atoms with Crippen molar-refractivity contribution < 1.29 is 28.7 Å². The molecule has 1 unspecified atom stereocenters. The molecular formula is C22H28ClN3O6. The molecule has 1 spiro atoms. The zero-order valence-corrected chi connectivity index (χ0v) is 19.2. The van der Waals surface area contributed by atoms with Crippen LogP contribution in [-0.4, -0.2) is 54.0 Å². The van der Waals surface area contributed by atoms with Gasteiger partial charge in [0.15, 0.2) is 6.10 Å². The summed E-state index contributed by atoms with van der Waals surface area (Å²) in [6.07, 6.45) is 2.75. The molecule has 2 N–H and O–H groups in total. The lowest BCUT2D eigenvalue weighted by Crippen LogP contribution is -2.48. The SMILES string of the molecule is COc1cc(Cl)c(C)cc1NC(=O)C(C)OC(=O)CCN1C(=O)NC2(CCCCC2)C1=O. The highest BCUT2D eigenvalue weighted by Gasteiger charge is 2.51. The van der Waals surface area contributed by atoms with Gasteiger partial charge in [-0.25, -0.2) is 4.79 Å². The number of ether oxygens (including phenoxy) is 2. The molecule has 1 aliphatic carbocycles. The summed E-state index contributed by atoms with van der Waals surface area (Å²) < 4.78 is 10.4. The maximum absolute atomic E-state index is 12.8. The molecule has 4 amide bonds. The molecule has 2 fully saturated rings. The smallest absolute Gasteiger partial charge is 0.325 e. The number of carbonyl (C=O) groups excluding carboxylic acids is 4. The van der Waals surface area contributed by atoms with Crippen molar-refractivity contribution in [1.29, 1.82) is 0 Å². The zero-order valence-electron chi connectivity index (χ0n) is 18.5. The van der Waals surface area contributed by atoms with Crippen molar-refractivity contribution in [1.82, 2.24) is 10.2 Å². The van der Waals surface area contributed by atoms with Gasteiger partial charge in [-0.3, -0.25) is 19.3 Å². The minimum atomic E-state index is -1.09. The van der Waals surface area contributed by atoms with Crippen molar-refractivity contribution in [3.8, 4) is 5.75 Å². The number of carbonyl (C=O) groups is 4. The lowest BCUT2D eigenvalue weighted by atomic mass is 9.82. The van der Waals surface area contributed by atoms with Crippen LogP contribution in [0.25, 0.3) is 0 Å². The summed E-state index contributed by atoms with van der Waals surface area (Å²) in [5.74, 6) is -1.14. The van der Waals surface area contributed by atoms with Crippen LogP contribution in [0.15, 0.2) is 12.1 Å². The summed E-state index contributed by atoms with van der Waals surface area (Å²) in [5.41, 5.74) is 0.318. The number of nitrogens with zero attached hydrogens (tertiary/aromatic N) is 1. The molecular weight excluding hydrogens is 438 g/mol. The van der Waals surface area contributed by atoms with E-state index in [2.05, 4.69) is 10.6 Å². The quantitative estimate of drug-likeness (QED) is 0.472. The topological polar surface area (TPSA) is 114 Å². The second-order valence-corrected chi connectivity index (χ2v) is 8.61. The average molecular weight is 466 g/mol. The molecule has 1 saturated carbocycles. The fourth-order valence-corrected chi connectivity index (χ4v) is 4.20. The standard InChI is InChI=1S/C22H28ClN3O6/c1-13-11-16(17(31-3)12-15(13)23)24-19(28)14(2)32-18(27)7-10-26-20(29)22(25-21(26)30)8-5-4-6-9-22/h11-12,14H,4-10H2,1-3H3,(H,24,28)(H,25,30). The van der Waals surface area contributed by atoms with E-state index in [-0.39, 0.29) is 18.9 Å². The number of hydrogen-bond donors (Lipinski definition) is 2. The van der Waals surface area contributed by atoms with Gasteiger partial charge in [0.05, 0.1) is 19.2 Å². The number of hydrogen-bond acceptors (Lipinski definition) is 6. The Labute approximate surface area is 191 Å². The number of halogens is 1. The fourth-order valence-electron chi connectivity index (χ4n) is 4.05. The van der Waals surface area contributed by atoms with E-state index in [1.807, 2.05) is 0 Å². The Morgan fingerprint density at radius 2 is 1.94 bits per heavy atom. The summed E-state index contributed by atoms with van der Waals surface area (Å²) in [7, 11) is 1.45. The minimum absolute atomic E-state index is 0.0935. The lowest BCUT2D eigenvalue weighted by molar-refractivity contribution is -0.153. The summed E-state index contributed by atoms with van der Waals surface area (Å²) >= 11 is 6.07. The third kappa shape index (κ3) is 4.98. The molecule has 1 aromatic rings. The van der Waals surface area contributed by atoms with Gasteiger partial charge in [-0.2, -0.15) is 0 Å². The van der Waals surface area contributed by atoms with Crippen LogP contribution in [0.2, 0.25) is 5.02 Å². The van der Waals surface area contributed by atoms with Crippen LogP contribution in [0.5, 0.6) is 5.75 Å². The Bertz CT molecular complexity index is 928. The Kier molecular flexibility index (Phi) is 7.28. The molecule has 174 valence electrons. The first-order chi connectivity index (χ1) is 15.2. The molecule has 1 heterocycles. The summed E-state index contributed by atoms with van der Waals surface area (Å²) in [6.45, 7) is 3.13. The number of urea groups is 1. The molecule has 0 aromatic heterocycles. The Balaban J connectivity index is 1.53. The minimum Gasteiger partial charge on any atom is -0.495 e. The first-order valence-electron chi connectivity index (χ1n) is 10.7. The van der Waals surface area contributed by atoms with Crippen molar-refractivity contribution >= 4 is 41.1 Å². The first kappa shape index (κ1) is 23.8. The fraction of sp³-hybridized carbons (Fsp3) is 0.545. The lowest BCUT2D eigenvalue weighted by Gasteiger charge is -2.30. The van der Waals surface area contributed by atoms with Gasteiger partial charge in [-0.15, -0.1) is 0 Å². The number of esters is 1. The molecule has 9 nitrogen and oxygen atoms in total. The number of amides is 4. The molecule has 0 bridgehead atoms. The molecule has 1 saturated heterocycles. The summed E-state index contributed by atoms with van der Waals surface area (Å²) in [4.78, 5) is 50.8. The van der Waals surface area contributed by atoms with Crippen LogP contribution >= 0.6 is 11.6 Å². The third-order valence-corrected chi connectivity index (χ3v) is 6.32. The van der Waals surface area contributed by atoms with Gasteiger partial charge in [0.1, 0.15) is 11.3 Å². The molecule has 3 rings (SSSR count). The van der Waals surface area contributed by atoms with E-state index < -0.39 is 29.6 Å². The normalized spacial score (nSPS) is 18.3. The Morgan fingerprint density at radius 1 is 1.25 bits per heavy atom. The van der Waals surface area contributed by atoms with E-state index in [1.165, 1.54) is 14.0 Å². The monoisotopic (exact) mass is 465 g/mol. The highest BCUT2D eigenvalue weighted by molar-refractivity contribution is 6.31. The molecule has 1 aliphatic heterocycles. The van der Waals surface area contributed by atoms with E-state index >= 15 is 0 Å². The van der Waals surface area contributed by atoms with E-state index in [0.29, 0.717) is 29.3 Å². The maximum Gasteiger partial charge on any atom is 0.325 e. The molecule has 10 heteroatoms. The largest absolute Gasteiger partial charge is 0.495 e. The van der Waals surface area contributed by atoms with Crippen molar-refractivity contribution in [2.45, 2.75) is 64.0 Å². The first-order valence-corrected chi connectivity index (χ1v) is 11.0. The molecule has 1 atom stereocenters. The van der Waals surface area contributed by atoms with Gasteiger partial charge in [-0.05, 0) is 38.3 Å². The van der Waals surface area contributed by atoms with E-state index in [1.54, 1.807) is 19.1 Å². The van der Waals surface area contributed by atoms with Gasteiger partial charge in [0.25, 0.3) is 11.8 Å².